The molecule has 1 heterocycles. The number of H-pyrrole nitrogens is 1. The molecule has 0 bridgehead atoms. The second-order valence-corrected chi connectivity index (χ2v) is 5.25. The molecule has 0 amide bonds. The van der Waals surface area contributed by atoms with Crippen molar-refractivity contribution < 1.29 is 0 Å². The Bertz CT molecular complexity index is 476. The number of aryl methyl sites for hydroxylation is 1. The van der Waals surface area contributed by atoms with Crippen molar-refractivity contribution in [1.29, 1.82) is 0 Å². The maximum Gasteiger partial charge on any atom is 0.0652 e. The van der Waals surface area contributed by atoms with Crippen molar-refractivity contribution in [2.75, 3.05) is 0 Å². The van der Waals surface area contributed by atoms with Crippen LogP contribution in [-0.4, -0.2) is 10.2 Å². The zero-order valence-corrected chi connectivity index (χ0v) is 10.3. The Balaban J connectivity index is 2.54. The molecular formula is C14H18N2. The summed E-state index contributed by atoms with van der Waals surface area (Å²) in [6.45, 7) is 8.82. The Morgan fingerprint density at radius 3 is 2.44 bits per heavy atom. The molecule has 0 saturated carbocycles. The van der Waals surface area contributed by atoms with E-state index < -0.39 is 0 Å². The molecule has 2 aromatic rings. The number of aromatic amines is 1. The fourth-order valence-electron chi connectivity index (χ4n) is 1.78. The molecule has 0 aliphatic heterocycles. The van der Waals surface area contributed by atoms with Gasteiger partial charge in [0.25, 0.3) is 0 Å². The molecule has 2 heteroatoms. The van der Waals surface area contributed by atoms with Crippen LogP contribution < -0.4 is 0 Å². The molecule has 0 radical (unpaired) electrons. The third-order valence-corrected chi connectivity index (χ3v) is 2.89. The highest BCUT2D eigenvalue weighted by atomic mass is 15.1. The highest BCUT2D eigenvalue weighted by molar-refractivity contribution is 5.64. The lowest BCUT2D eigenvalue weighted by molar-refractivity contribution is 0.590. The minimum Gasteiger partial charge on any atom is -0.278 e. The van der Waals surface area contributed by atoms with Crippen molar-refractivity contribution >= 4 is 0 Å². The zero-order valence-electron chi connectivity index (χ0n) is 10.3. The Morgan fingerprint density at radius 1 is 1.12 bits per heavy atom. The summed E-state index contributed by atoms with van der Waals surface area (Å²) in [7, 11) is 0. The summed E-state index contributed by atoms with van der Waals surface area (Å²) < 4.78 is 0. The van der Waals surface area contributed by atoms with Crippen LogP contribution in [0.2, 0.25) is 0 Å². The predicted octanol–water partition coefficient (Wildman–Crippen LogP) is 3.68. The molecule has 16 heavy (non-hydrogen) atoms. The zero-order chi connectivity index (χ0) is 11.8. The van der Waals surface area contributed by atoms with Crippen molar-refractivity contribution in [2.45, 2.75) is 33.1 Å². The molecular weight excluding hydrogens is 196 g/mol. The SMILES string of the molecule is Cc1ccc(C(C)(C)C)cc1-c1ccn[nH]1. The van der Waals surface area contributed by atoms with Crippen molar-refractivity contribution in [1.82, 2.24) is 10.2 Å². The molecule has 1 aromatic carbocycles. The lowest BCUT2D eigenvalue weighted by Crippen LogP contribution is -2.11. The smallest absolute Gasteiger partial charge is 0.0652 e. The maximum absolute atomic E-state index is 4.01. The van der Waals surface area contributed by atoms with Gasteiger partial charge in [0, 0.05) is 11.8 Å². The molecule has 0 unspecified atom stereocenters. The Labute approximate surface area is 96.7 Å². The van der Waals surface area contributed by atoms with Gasteiger partial charge < -0.3 is 0 Å². The summed E-state index contributed by atoms with van der Waals surface area (Å²) >= 11 is 0. The first-order valence-corrected chi connectivity index (χ1v) is 5.59. The summed E-state index contributed by atoms with van der Waals surface area (Å²) in [4.78, 5) is 0. The fraction of sp³-hybridized carbons (Fsp3) is 0.357. The Kier molecular flexibility index (Phi) is 2.58. The standard InChI is InChI=1S/C14H18N2/c1-10-5-6-11(14(2,3)4)9-12(10)13-7-8-15-16-13/h5-9H,1-4H3,(H,15,16). The second kappa shape index (κ2) is 3.78. The fourth-order valence-corrected chi connectivity index (χ4v) is 1.78. The van der Waals surface area contributed by atoms with Gasteiger partial charge in [0.2, 0.25) is 0 Å². The van der Waals surface area contributed by atoms with Crippen LogP contribution in [-0.2, 0) is 5.41 Å². The first kappa shape index (κ1) is 10.9. The minimum absolute atomic E-state index is 0.183. The van der Waals surface area contributed by atoms with E-state index in [1.165, 1.54) is 16.7 Å². The normalized spacial score (nSPS) is 11.8. The van der Waals surface area contributed by atoms with E-state index >= 15 is 0 Å². The van der Waals surface area contributed by atoms with Crippen LogP contribution in [0.15, 0.2) is 30.5 Å². The summed E-state index contributed by atoms with van der Waals surface area (Å²) in [6.07, 6.45) is 1.79. The van der Waals surface area contributed by atoms with Crippen LogP contribution in [0.1, 0.15) is 31.9 Å². The number of hydrogen-bond donors (Lipinski definition) is 1. The van der Waals surface area contributed by atoms with Crippen molar-refractivity contribution in [3.63, 3.8) is 0 Å². The molecule has 0 aliphatic carbocycles. The molecule has 2 nitrogen and oxygen atoms in total. The van der Waals surface area contributed by atoms with Crippen molar-refractivity contribution in [3.05, 3.63) is 41.6 Å². The summed E-state index contributed by atoms with van der Waals surface area (Å²) in [5, 5.41) is 7.03. The number of rotatable bonds is 1. The van der Waals surface area contributed by atoms with Crippen LogP contribution in [0.3, 0.4) is 0 Å². The van der Waals surface area contributed by atoms with E-state index in [0.717, 1.165) is 5.69 Å². The van der Waals surface area contributed by atoms with Gasteiger partial charge in [0.05, 0.1) is 5.69 Å². The molecule has 84 valence electrons. The average molecular weight is 214 g/mol. The Morgan fingerprint density at radius 2 is 1.88 bits per heavy atom. The van der Waals surface area contributed by atoms with Gasteiger partial charge in [-0.25, -0.2) is 0 Å². The lowest BCUT2D eigenvalue weighted by atomic mass is 9.85. The lowest BCUT2D eigenvalue weighted by Gasteiger charge is -2.20. The average Bonchev–Trinajstić information content (AvgIpc) is 2.69. The van der Waals surface area contributed by atoms with Crippen LogP contribution in [0, 0.1) is 6.92 Å². The summed E-state index contributed by atoms with van der Waals surface area (Å²) in [6, 6.07) is 8.64. The Hall–Kier alpha value is -1.57. The van der Waals surface area contributed by atoms with Gasteiger partial charge in [-0.15, -0.1) is 0 Å². The van der Waals surface area contributed by atoms with Gasteiger partial charge in [0.1, 0.15) is 0 Å². The number of aromatic nitrogens is 2. The monoisotopic (exact) mass is 214 g/mol. The maximum atomic E-state index is 4.01. The third kappa shape index (κ3) is 2.01. The van der Waals surface area contributed by atoms with E-state index in [9.17, 15) is 0 Å². The van der Waals surface area contributed by atoms with Crippen LogP contribution in [0.5, 0.6) is 0 Å². The van der Waals surface area contributed by atoms with Crippen LogP contribution in [0.4, 0.5) is 0 Å². The number of benzene rings is 1. The van der Waals surface area contributed by atoms with Crippen LogP contribution >= 0.6 is 0 Å². The number of hydrogen-bond acceptors (Lipinski definition) is 1. The molecule has 1 N–H and O–H groups in total. The molecule has 1 aromatic heterocycles. The minimum atomic E-state index is 0.183. The van der Waals surface area contributed by atoms with Gasteiger partial charge in [0.15, 0.2) is 0 Å². The molecule has 0 saturated heterocycles. The van der Waals surface area contributed by atoms with E-state index in [0.29, 0.717) is 0 Å². The summed E-state index contributed by atoms with van der Waals surface area (Å²) in [5.74, 6) is 0. The second-order valence-electron chi connectivity index (χ2n) is 5.25. The third-order valence-electron chi connectivity index (χ3n) is 2.89. The van der Waals surface area contributed by atoms with Crippen molar-refractivity contribution in [3.8, 4) is 11.3 Å². The van der Waals surface area contributed by atoms with Gasteiger partial charge in [-0.3, -0.25) is 5.10 Å². The molecule has 0 fully saturated rings. The first-order chi connectivity index (χ1) is 7.48. The predicted molar refractivity (Wildman–Crippen MR) is 67.5 cm³/mol. The number of nitrogens with one attached hydrogen (secondary N) is 1. The van der Waals surface area contributed by atoms with Gasteiger partial charge in [-0.2, -0.15) is 5.10 Å². The highest BCUT2D eigenvalue weighted by Crippen LogP contribution is 2.28. The van der Waals surface area contributed by atoms with E-state index in [4.69, 9.17) is 0 Å². The van der Waals surface area contributed by atoms with E-state index in [1.54, 1.807) is 6.20 Å². The first-order valence-electron chi connectivity index (χ1n) is 5.59. The summed E-state index contributed by atoms with van der Waals surface area (Å²) in [5.41, 5.74) is 5.14. The van der Waals surface area contributed by atoms with E-state index in [1.807, 2.05) is 6.07 Å². The number of nitrogens with zero attached hydrogens (tertiary/aromatic N) is 1. The molecule has 0 aliphatic rings. The topological polar surface area (TPSA) is 28.7 Å². The van der Waals surface area contributed by atoms with Crippen molar-refractivity contribution in [2.24, 2.45) is 0 Å². The molecule has 0 spiro atoms. The van der Waals surface area contributed by atoms with Crippen LogP contribution in [0.25, 0.3) is 11.3 Å². The van der Waals surface area contributed by atoms with Gasteiger partial charge >= 0.3 is 0 Å². The highest BCUT2D eigenvalue weighted by Gasteiger charge is 2.15. The van der Waals surface area contributed by atoms with Gasteiger partial charge in [-0.1, -0.05) is 32.9 Å². The van der Waals surface area contributed by atoms with E-state index in [2.05, 4.69) is 56.1 Å². The van der Waals surface area contributed by atoms with E-state index in [-0.39, 0.29) is 5.41 Å². The van der Waals surface area contributed by atoms with Gasteiger partial charge in [-0.05, 0) is 35.6 Å². The molecule has 0 atom stereocenters. The quantitative estimate of drug-likeness (QED) is 0.770. The largest absolute Gasteiger partial charge is 0.278 e. The molecule has 2 rings (SSSR count).